The van der Waals surface area contributed by atoms with Crippen LogP contribution in [0.15, 0.2) is 46.0 Å². The first kappa shape index (κ1) is 12.2. The standard InChI is InChI=1S/C13H15N3O2/c1-9(10-6-4-3-5-7-10)14-11-8-12(17)16(2)13(18)15-11/h3-9,14H,1-2H3,(H,15,18)/t9-/m0/s1. The maximum Gasteiger partial charge on any atom is 0.329 e. The molecule has 0 aliphatic rings. The lowest BCUT2D eigenvalue weighted by molar-refractivity contribution is 0.768. The van der Waals surface area contributed by atoms with Gasteiger partial charge < -0.3 is 5.32 Å². The predicted octanol–water partition coefficient (Wildman–Crippen LogP) is 1.25. The molecular weight excluding hydrogens is 230 g/mol. The van der Waals surface area contributed by atoms with Crippen molar-refractivity contribution in [2.75, 3.05) is 5.32 Å². The SMILES string of the molecule is C[C@H](Nc1cc(=O)n(C)c(=O)[nH]1)c1ccccc1. The summed E-state index contributed by atoms with van der Waals surface area (Å²) in [7, 11) is 1.44. The van der Waals surface area contributed by atoms with E-state index < -0.39 is 5.69 Å². The van der Waals surface area contributed by atoms with Crippen molar-refractivity contribution in [2.45, 2.75) is 13.0 Å². The van der Waals surface area contributed by atoms with E-state index in [1.165, 1.54) is 13.1 Å². The van der Waals surface area contributed by atoms with E-state index in [1.807, 2.05) is 37.3 Å². The maximum absolute atomic E-state index is 11.5. The van der Waals surface area contributed by atoms with Gasteiger partial charge in [-0.05, 0) is 12.5 Å². The first-order valence-electron chi connectivity index (χ1n) is 5.70. The molecule has 0 aliphatic carbocycles. The summed E-state index contributed by atoms with van der Waals surface area (Å²) in [4.78, 5) is 25.5. The fourth-order valence-electron chi connectivity index (χ4n) is 1.69. The van der Waals surface area contributed by atoms with Crippen molar-refractivity contribution in [1.29, 1.82) is 0 Å². The molecule has 0 radical (unpaired) electrons. The summed E-state index contributed by atoms with van der Waals surface area (Å²) < 4.78 is 1.03. The second kappa shape index (κ2) is 4.91. The number of nitrogens with zero attached hydrogens (tertiary/aromatic N) is 1. The largest absolute Gasteiger partial charge is 0.365 e. The second-order valence-electron chi connectivity index (χ2n) is 4.16. The van der Waals surface area contributed by atoms with E-state index in [4.69, 9.17) is 0 Å². The molecule has 2 N–H and O–H groups in total. The van der Waals surface area contributed by atoms with Gasteiger partial charge in [-0.15, -0.1) is 0 Å². The lowest BCUT2D eigenvalue weighted by atomic mass is 10.1. The van der Waals surface area contributed by atoms with E-state index in [2.05, 4.69) is 10.3 Å². The molecule has 1 heterocycles. The first-order valence-corrected chi connectivity index (χ1v) is 5.70. The van der Waals surface area contributed by atoms with Crippen LogP contribution >= 0.6 is 0 Å². The minimum absolute atomic E-state index is 0.00829. The third-order valence-electron chi connectivity index (χ3n) is 2.82. The zero-order valence-corrected chi connectivity index (χ0v) is 10.3. The van der Waals surface area contributed by atoms with Gasteiger partial charge in [-0.3, -0.25) is 14.3 Å². The summed E-state index contributed by atoms with van der Waals surface area (Å²) in [5.74, 6) is 0.430. The smallest absolute Gasteiger partial charge is 0.329 e. The van der Waals surface area contributed by atoms with Gasteiger partial charge >= 0.3 is 5.69 Å². The van der Waals surface area contributed by atoms with Crippen LogP contribution in [-0.4, -0.2) is 9.55 Å². The van der Waals surface area contributed by atoms with Crippen molar-refractivity contribution < 1.29 is 0 Å². The fourth-order valence-corrected chi connectivity index (χ4v) is 1.69. The molecule has 0 spiro atoms. The summed E-state index contributed by atoms with van der Waals surface area (Å²) in [5, 5.41) is 3.10. The van der Waals surface area contributed by atoms with Crippen LogP contribution in [0, 0.1) is 0 Å². The van der Waals surface area contributed by atoms with E-state index in [-0.39, 0.29) is 11.6 Å². The average Bonchev–Trinajstić information content (AvgIpc) is 2.37. The number of aromatic nitrogens is 2. The van der Waals surface area contributed by atoms with Crippen LogP contribution < -0.4 is 16.6 Å². The number of nitrogens with one attached hydrogen (secondary N) is 2. The highest BCUT2D eigenvalue weighted by Crippen LogP contribution is 2.15. The number of H-pyrrole nitrogens is 1. The van der Waals surface area contributed by atoms with E-state index in [0.29, 0.717) is 5.82 Å². The van der Waals surface area contributed by atoms with Gasteiger partial charge in [-0.25, -0.2) is 4.79 Å². The molecule has 1 aromatic carbocycles. The Kier molecular flexibility index (Phi) is 3.32. The van der Waals surface area contributed by atoms with Crippen molar-refractivity contribution in [3.63, 3.8) is 0 Å². The van der Waals surface area contributed by atoms with Gasteiger partial charge in [0.15, 0.2) is 0 Å². The molecule has 2 aromatic rings. The van der Waals surface area contributed by atoms with Crippen LogP contribution in [-0.2, 0) is 7.05 Å². The summed E-state index contributed by atoms with van der Waals surface area (Å²) >= 11 is 0. The van der Waals surface area contributed by atoms with Crippen molar-refractivity contribution in [1.82, 2.24) is 9.55 Å². The zero-order chi connectivity index (χ0) is 13.1. The van der Waals surface area contributed by atoms with Crippen molar-refractivity contribution in [2.24, 2.45) is 7.05 Å². The minimum atomic E-state index is -0.426. The molecule has 2 rings (SSSR count). The van der Waals surface area contributed by atoms with E-state index >= 15 is 0 Å². The number of rotatable bonds is 3. The Balaban J connectivity index is 2.25. The highest BCUT2D eigenvalue weighted by molar-refractivity contribution is 5.36. The molecule has 5 heteroatoms. The topological polar surface area (TPSA) is 66.9 Å². The number of anilines is 1. The molecule has 0 unspecified atom stereocenters. The van der Waals surface area contributed by atoms with Crippen molar-refractivity contribution in [3.8, 4) is 0 Å². The fraction of sp³-hybridized carbons (Fsp3) is 0.231. The Labute approximate surface area is 104 Å². The van der Waals surface area contributed by atoms with Crippen LogP contribution in [0.3, 0.4) is 0 Å². The van der Waals surface area contributed by atoms with Crippen molar-refractivity contribution in [3.05, 3.63) is 62.8 Å². The summed E-state index contributed by atoms with van der Waals surface area (Å²) in [5.41, 5.74) is 0.325. The number of hydrogen-bond acceptors (Lipinski definition) is 3. The maximum atomic E-state index is 11.5. The third kappa shape index (κ3) is 2.51. The zero-order valence-electron chi connectivity index (χ0n) is 10.3. The predicted molar refractivity (Wildman–Crippen MR) is 70.8 cm³/mol. The Morgan fingerprint density at radius 3 is 2.50 bits per heavy atom. The Hall–Kier alpha value is -2.30. The van der Waals surface area contributed by atoms with Crippen molar-refractivity contribution >= 4 is 5.82 Å². The summed E-state index contributed by atoms with van der Waals surface area (Å²) in [6, 6.07) is 11.2. The third-order valence-corrected chi connectivity index (χ3v) is 2.82. The summed E-state index contributed by atoms with van der Waals surface area (Å²) in [6.45, 7) is 1.96. The van der Waals surface area contributed by atoms with Gasteiger partial charge in [0.25, 0.3) is 5.56 Å². The molecule has 0 saturated carbocycles. The van der Waals surface area contributed by atoms with Gasteiger partial charge in [0, 0.05) is 19.2 Å². The Morgan fingerprint density at radius 1 is 1.22 bits per heavy atom. The molecule has 0 fully saturated rings. The van der Waals surface area contributed by atoms with Gasteiger partial charge in [0.05, 0.1) is 0 Å². The average molecular weight is 245 g/mol. The molecule has 1 atom stereocenters. The number of benzene rings is 1. The minimum Gasteiger partial charge on any atom is -0.365 e. The molecule has 94 valence electrons. The molecular formula is C13H15N3O2. The quantitative estimate of drug-likeness (QED) is 0.855. The normalized spacial score (nSPS) is 12.1. The highest BCUT2D eigenvalue weighted by Gasteiger charge is 2.06. The van der Waals surface area contributed by atoms with E-state index in [9.17, 15) is 9.59 Å². The first-order chi connectivity index (χ1) is 8.58. The van der Waals surface area contributed by atoms with E-state index in [0.717, 1.165) is 10.1 Å². The molecule has 5 nitrogen and oxygen atoms in total. The second-order valence-corrected chi connectivity index (χ2v) is 4.16. The molecule has 18 heavy (non-hydrogen) atoms. The molecule has 0 aliphatic heterocycles. The Morgan fingerprint density at radius 2 is 1.89 bits per heavy atom. The van der Waals surface area contributed by atoms with Gasteiger partial charge in [-0.2, -0.15) is 0 Å². The lowest BCUT2D eigenvalue weighted by Crippen LogP contribution is -2.32. The molecule has 0 bridgehead atoms. The molecule has 0 saturated heterocycles. The van der Waals surface area contributed by atoms with Gasteiger partial charge in [0.1, 0.15) is 5.82 Å². The Bertz CT molecular complexity index is 612. The monoisotopic (exact) mass is 245 g/mol. The lowest BCUT2D eigenvalue weighted by Gasteiger charge is -2.15. The molecule has 1 aromatic heterocycles. The van der Waals surface area contributed by atoms with Crippen LogP contribution in [0.2, 0.25) is 0 Å². The molecule has 0 amide bonds. The van der Waals surface area contributed by atoms with Crippen LogP contribution in [0.5, 0.6) is 0 Å². The van der Waals surface area contributed by atoms with E-state index in [1.54, 1.807) is 0 Å². The van der Waals surface area contributed by atoms with Crippen LogP contribution in [0.1, 0.15) is 18.5 Å². The highest BCUT2D eigenvalue weighted by atomic mass is 16.2. The number of hydrogen-bond donors (Lipinski definition) is 2. The number of aromatic amines is 1. The van der Waals surface area contributed by atoms with Gasteiger partial charge in [-0.1, -0.05) is 30.3 Å². The van der Waals surface area contributed by atoms with Crippen LogP contribution in [0.25, 0.3) is 0 Å². The van der Waals surface area contributed by atoms with Crippen LogP contribution in [0.4, 0.5) is 5.82 Å². The summed E-state index contributed by atoms with van der Waals surface area (Å²) in [6.07, 6.45) is 0. The van der Waals surface area contributed by atoms with Gasteiger partial charge in [0.2, 0.25) is 0 Å².